The molecule has 0 bridgehead atoms. The average Bonchev–Trinajstić information content (AvgIpc) is 2.37. The molecule has 0 amide bonds. The third-order valence-electron chi connectivity index (χ3n) is 2.90. The Balaban J connectivity index is 2.22. The van der Waals surface area contributed by atoms with E-state index in [1.54, 1.807) is 0 Å². The first-order valence-electron chi connectivity index (χ1n) is 6.63. The Labute approximate surface area is 124 Å². The maximum absolute atomic E-state index is 13.4. The summed E-state index contributed by atoms with van der Waals surface area (Å²) in [6.07, 6.45) is 0.138. The molecule has 1 unspecified atom stereocenters. The van der Waals surface area contributed by atoms with Gasteiger partial charge in [-0.15, -0.1) is 11.6 Å². The highest BCUT2D eigenvalue weighted by Crippen LogP contribution is 2.31. The van der Waals surface area contributed by atoms with E-state index in [0.717, 1.165) is 22.4 Å². The third-order valence-corrected chi connectivity index (χ3v) is 3.41. The molecule has 106 valence electrons. The van der Waals surface area contributed by atoms with Gasteiger partial charge >= 0.3 is 0 Å². The Hall–Kier alpha value is -1.54. The van der Waals surface area contributed by atoms with Crippen molar-refractivity contribution >= 4 is 11.6 Å². The van der Waals surface area contributed by atoms with Crippen molar-refractivity contribution in [2.24, 2.45) is 0 Å². The summed E-state index contributed by atoms with van der Waals surface area (Å²) in [6.45, 7) is 5.82. The highest BCUT2D eigenvalue weighted by molar-refractivity contribution is 6.22. The van der Waals surface area contributed by atoms with Crippen LogP contribution in [0, 0.1) is 12.7 Å². The predicted octanol–water partition coefficient (Wildman–Crippen LogP) is 5.25. The second-order valence-corrected chi connectivity index (χ2v) is 5.60. The van der Waals surface area contributed by atoms with Crippen LogP contribution in [0.25, 0.3) is 0 Å². The summed E-state index contributed by atoms with van der Waals surface area (Å²) in [5, 5.41) is -0.363. The van der Waals surface area contributed by atoms with Crippen molar-refractivity contribution in [3.05, 3.63) is 65.0 Å². The number of rotatable bonds is 4. The van der Waals surface area contributed by atoms with Crippen LogP contribution in [0.1, 0.15) is 35.9 Å². The number of alkyl halides is 1. The summed E-state index contributed by atoms with van der Waals surface area (Å²) >= 11 is 6.43. The van der Waals surface area contributed by atoms with Gasteiger partial charge < -0.3 is 4.74 Å². The van der Waals surface area contributed by atoms with Gasteiger partial charge in [0.1, 0.15) is 11.6 Å². The van der Waals surface area contributed by atoms with Crippen molar-refractivity contribution in [2.45, 2.75) is 32.3 Å². The van der Waals surface area contributed by atoms with Crippen LogP contribution in [0.3, 0.4) is 0 Å². The fourth-order valence-electron chi connectivity index (χ4n) is 2.09. The molecule has 0 saturated carbocycles. The fraction of sp³-hybridized carbons (Fsp3) is 0.294. The van der Waals surface area contributed by atoms with Crippen LogP contribution in [-0.4, -0.2) is 6.10 Å². The topological polar surface area (TPSA) is 9.23 Å². The Morgan fingerprint density at radius 2 is 1.65 bits per heavy atom. The number of benzene rings is 2. The molecule has 2 aromatic rings. The number of halogens is 2. The van der Waals surface area contributed by atoms with Gasteiger partial charge in [0.2, 0.25) is 0 Å². The van der Waals surface area contributed by atoms with Gasteiger partial charge in [-0.05, 0) is 61.7 Å². The van der Waals surface area contributed by atoms with E-state index in [1.165, 1.54) is 12.1 Å². The molecule has 20 heavy (non-hydrogen) atoms. The van der Waals surface area contributed by atoms with Crippen molar-refractivity contribution in [1.82, 2.24) is 0 Å². The summed E-state index contributed by atoms with van der Waals surface area (Å²) < 4.78 is 19.0. The highest BCUT2D eigenvalue weighted by atomic mass is 35.5. The summed E-state index contributed by atoms with van der Waals surface area (Å²) in [6, 6.07) is 12.5. The van der Waals surface area contributed by atoms with E-state index in [-0.39, 0.29) is 17.3 Å². The number of hydrogen-bond acceptors (Lipinski definition) is 1. The van der Waals surface area contributed by atoms with Gasteiger partial charge in [-0.1, -0.05) is 18.2 Å². The zero-order valence-corrected chi connectivity index (χ0v) is 12.6. The molecule has 0 N–H and O–H groups in total. The minimum atomic E-state index is -0.363. The maximum atomic E-state index is 13.4. The molecule has 3 heteroatoms. The highest BCUT2D eigenvalue weighted by Gasteiger charge is 2.12. The van der Waals surface area contributed by atoms with Crippen LogP contribution >= 0.6 is 11.6 Å². The van der Waals surface area contributed by atoms with Crippen molar-refractivity contribution in [3.63, 3.8) is 0 Å². The second-order valence-electron chi connectivity index (χ2n) is 5.16. The Morgan fingerprint density at radius 1 is 1.00 bits per heavy atom. The molecule has 1 atom stereocenters. The van der Waals surface area contributed by atoms with E-state index in [2.05, 4.69) is 0 Å². The second kappa shape index (κ2) is 6.27. The average molecular weight is 293 g/mol. The minimum Gasteiger partial charge on any atom is -0.491 e. The van der Waals surface area contributed by atoms with Gasteiger partial charge in [-0.2, -0.15) is 0 Å². The zero-order chi connectivity index (χ0) is 14.7. The van der Waals surface area contributed by atoms with Crippen molar-refractivity contribution in [2.75, 3.05) is 0 Å². The lowest BCUT2D eigenvalue weighted by Gasteiger charge is -2.14. The molecule has 0 heterocycles. The molecule has 0 aliphatic rings. The molecular weight excluding hydrogens is 275 g/mol. The Morgan fingerprint density at radius 3 is 2.20 bits per heavy atom. The van der Waals surface area contributed by atoms with Crippen LogP contribution in [-0.2, 0) is 0 Å². The first-order chi connectivity index (χ1) is 9.45. The van der Waals surface area contributed by atoms with E-state index >= 15 is 0 Å². The smallest absolute Gasteiger partial charge is 0.123 e. The molecule has 0 aliphatic carbocycles. The number of ether oxygens (including phenoxy) is 1. The van der Waals surface area contributed by atoms with Crippen LogP contribution in [0.2, 0.25) is 0 Å². The summed E-state index contributed by atoms with van der Waals surface area (Å²) in [7, 11) is 0. The van der Waals surface area contributed by atoms with E-state index in [0.29, 0.717) is 0 Å². The zero-order valence-electron chi connectivity index (χ0n) is 11.9. The summed E-state index contributed by atoms with van der Waals surface area (Å²) in [4.78, 5) is 0. The van der Waals surface area contributed by atoms with E-state index < -0.39 is 0 Å². The number of hydrogen-bond donors (Lipinski definition) is 0. The van der Waals surface area contributed by atoms with Gasteiger partial charge in [-0.25, -0.2) is 4.39 Å². The van der Waals surface area contributed by atoms with Crippen LogP contribution in [0.15, 0.2) is 42.5 Å². The van der Waals surface area contributed by atoms with E-state index in [9.17, 15) is 4.39 Å². The predicted molar refractivity (Wildman–Crippen MR) is 81.0 cm³/mol. The molecular formula is C17H18ClFO. The SMILES string of the molecule is Cc1cc(F)cc(C(Cl)c2ccc(OC(C)C)cc2)c1. The van der Waals surface area contributed by atoms with Crippen LogP contribution in [0.5, 0.6) is 5.75 Å². The Bertz CT molecular complexity index is 558. The molecule has 0 saturated heterocycles. The lowest BCUT2D eigenvalue weighted by molar-refractivity contribution is 0.242. The molecule has 0 fully saturated rings. The summed E-state index contributed by atoms with van der Waals surface area (Å²) in [5.41, 5.74) is 2.56. The fourth-order valence-corrected chi connectivity index (χ4v) is 2.36. The van der Waals surface area contributed by atoms with Crippen LogP contribution < -0.4 is 4.74 Å². The third kappa shape index (κ3) is 3.73. The van der Waals surface area contributed by atoms with E-state index in [4.69, 9.17) is 16.3 Å². The number of aryl methyl sites for hydroxylation is 1. The molecule has 0 radical (unpaired) electrons. The van der Waals surface area contributed by atoms with Crippen molar-refractivity contribution in [1.29, 1.82) is 0 Å². The van der Waals surface area contributed by atoms with Gasteiger partial charge in [0, 0.05) is 0 Å². The standard InChI is InChI=1S/C17H18ClFO/c1-11(2)20-16-6-4-13(5-7-16)17(18)14-8-12(3)9-15(19)10-14/h4-11,17H,1-3H3. The molecule has 0 aliphatic heterocycles. The molecule has 1 nitrogen and oxygen atoms in total. The maximum Gasteiger partial charge on any atom is 0.123 e. The van der Waals surface area contributed by atoms with Gasteiger partial charge in [0.15, 0.2) is 0 Å². The Kier molecular flexibility index (Phi) is 4.66. The van der Waals surface area contributed by atoms with E-state index in [1.807, 2.05) is 51.1 Å². The van der Waals surface area contributed by atoms with Gasteiger partial charge in [-0.3, -0.25) is 0 Å². The van der Waals surface area contributed by atoms with Gasteiger partial charge in [0.25, 0.3) is 0 Å². The van der Waals surface area contributed by atoms with Gasteiger partial charge in [0.05, 0.1) is 11.5 Å². The van der Waals surface area contributed by atoms with Crippen molar-refractivity contribution < 1.29 is 9.13 Å². The molecule has 0 spiro atoms. The first-order valence-corrected chi connectivity index (χ1v) is 7.07. The molecule has 2 aromatic carbocycles. The largest absolute Gasteiger partial charge is 0.491 e. The lowest BCUT2D eigenvalue weighted by Crippen LogP contribution is -2.05. The minimum absolute atomic E-state index is 0.138. The lowest BCUT2D eigenvalue weighted by atomic mass is 10.0. The van der Waals surface area contributed by atoms with Crippen molar-refractivity contribution in [3.8, 4) is 5.75 Å². The summed E-state index contributed by atoms with van der Waals surface area (Å²) in [5.74, 6) is 0.549. The quantitative estimate of drug-likeness (QED) is 0.699. The normalized spacial score (nSPS) is 12.5. The first kappa shape index (κ1) is 14.9. The molecule has 2 rings (SSSR count). The molecule has 0 aromatic heterocycles. The monoisotopic (exact) mass is 292 g/mol. The van der Waals surface area contributed by atoms with Crippen LogP contribution in [0.4, 0.5) is 4.39 Å².